The molecule has 0 amide bonds. The number of fused-ring (bicyclic) bond motifs is 3. The van der Waals surface area contributed by atoms with E-state index in [0.717, 1.165) is 70.6 Å². The minimum Gasteiger partial charge on any atom is -0.481 e. The fourth-order valence-electron chi connectivity index (χ4n) is 6.92. The molecule has 7 nitrogen and oxygen atoms in total. The van der Waals surface area contributed by atoms with Gasteiger partial charge in [0.15, 0.2) is 0 Å². The van der Waals surface area contributed by atoms with Crippen LogP contribution in [0.3, 0.4) is 0 Å². The van der Waals surface area contributed by atoms with Crippen LogP contribution in [0.1, 0.15) is 94.3 Å². The van der Waals surface area contributed by atoms with Crippen LogP contribution in [0, 0.1) is 11.3 Å². The van der Waals surface area contributed by atoms with Gasteiger partial charge in [-0.3, -0.25) is 4.79 Å². The number of carboxylic acids is 1. The van der Waals surface area contributed by atoms with Crippen molar-refractivity contribution in [1.82, 2.24) is 5.16 Å². The summed E-state index contributed by atoms with van der Waals surface area (Å²) >= 11 is 0. The minimum absolute atomic E-state index is 0.0196. The van der Waals surface area contributed by atoms with Gasteiger partial charge in [0.1, 0.15) is 17.2 Å². The lowest BCUT2D eigenvalue weighted by atomic mass is 9.59. The first-order valence-electron chi connectivity index (χ1n) is 14.5. The molecule has 0 spiro atoms. The monoisotopic (exact) mass is 563 g/mol. The van der Waals surface area contributed by atoms with Crippen LogP contribution in [0.25, 0.3) is 11.3 Å². The molecule has 1 heterocycles. The number of ether oxygens (including phenoxy) is 3. The van der Waals surface area contributed by atoms with Crippen molar-refractivity contribution in [2.45, 2.75) is 108 Å². The quantitative estimate of drug-likeness (QED) is 0.322. The number of hydrogen-bond acceptors (Lipinski definition) is 6. The minimum atomic E-state index is -4.82. The number of carbonyl (C=O) groups is 1. The number of benzene rings is 1. The van der Waals surface area contributed by atoms with Crippen LogP contribution in [0.4, 0.5) is 13.2 Å². The number of para-hydroxylation sites is 1. The van der Waals surface area contributed by atoms with Gasteiger partial charge < -0.3 is 23.8 Å². The number of carboxylic acid groups (broad SMARTS) is 1. The van der Waals surface area contributed by atoms with E-state index in [4.69, 9.17) is 14.0 Å². The largest absolute Gasteiger partial charge is 0.573 e. The Kier molecular flexibility index (Phi) is 7.36. The molecule has 0 aliphatic heterocycles. The molecule has 5 aliphatic carbocycles. The number of aromatic nitrogens is 1. The molecule has 1 N–H and O–H groups in total. The summed E-state index contributed by atoms with van der Waals surface area (Å²) in [6.45, 7) is 0.894. The van der Waals surface area contributed by atoms with Gasteiger partial charge in [0.25, 0.3) is 0 Å². The smallest absolute Gasteiger partial charge is 0.481 e. The normalized spacial score (nSPS) is 30.4. The molecule has 0 saturated heterocycles. The van der Waals surface area contributed by atoms with Crippen molar-refractivity contribution in [3.05, 3.63) is 35.6 Å². The molecule has 40 heavy (non-hydrogen) atoms. The summed E-state index contributed by atoms with van der Waals surface area (Å²) in [5.41, 5.74) is 1.13. The third kappa shape index (κ3) is 5.88. The van der Waals surface area contributed by atoms with E-state index in [0.29, 0.717) is 30.0 Å². The SMILES string of the molecule is O=C(O)C1CCCC(OCC23CCC(OCc4c(-c5ccccc5OC(F)(F)F)noc4C4CC4)(CC2)CC3)C1. The summed E-state index contributed by atoms with van der Waals surface area (Å²) in [5.74, 6) is -0.408. The van der Waals surface area contributed by atoms with E-state index in [1.807, 2.05) is 0 Å². The van der Waals surface area contributed by atoms with Crippen LogP contribution in [0.2, 0.25) is 0 Å². The van der Waals surface area contributed by atoms with Crippen molar-refractivity contribution in [1.29, 1.82) is 0 Å². The van der Waals surface area contributed by atoms with Gasteiger partial charge in [0, 0.05) is 17.0 Å². The first kappa shape index (κ1) is 27.6. The predicted molar refractivity (Wildman–Crippen MR) is 138 cm³/mol. The van der Waals surface area contributed by atoms with E-state index < -0.39 is 12.3 Å². The van der Waals surface area contributed by atoms with Gasteiger partial charge in [-0.15, -0.1) is 13.2 Å². The van der Waals surface area contributed by atoms with Crippen LogP contribution in [0.5, 0.6) is 5.75 Å². The molecule has 2 atom stereocenters. The fraction of sp³-hybridized carbons (Fsp3) is 0.667. The van der Waals surface area contributed by atoms with Crippen LogP contribution >= 0.6 is 0 Å². The third-order valence-corrected chi connectivity index (χ3v) is 9.59. The van der Waals surface area contributed by atoms with Gasteiger partial charge in [-0.05, 0) is 88.2 Å². The molecular formula is C30H36F3NO6. The van der Waals surface area contributed by atoms with Gasteiger partial charge >= 0.3 is 12.3 Å². The van der Waals surface area contributed by atoms with E-state index >= 15 is 0 Å². The Labute approximate surface area is 231 Å². The molecule has 2 bridgehead atoms. The molecule has 2 aromatic rings. The van der Waals surface area contributed by atoms with E-state index in [1.165, 1.54) is 12.1 Å². The predicted octanol–water partition coefficient (Wildman–Crippen LogP) is 7.39. The lowest BCUT2D eigenvalue weighted by Crippen LogP contribution is -2.49. The highest BCUT2D eigenvalue weighted by atomic mass is 19.4. The zero-order chi connectivity index (χ0) is 28.0. The second-order valence-corrected chi connectivity index (χ2v) is 12.3. The topological polar surface area (TPSA) is 91.0 Å². The molecular weight excluding hydrogens is 527 g/mol. The standard InChI is InChI=1S/C30H36F3NO6/c31-30(32,33)39-24-7-2-1-6-22(24)25-23(26(40-34-25)19-8-9-19)17-38-29-13-10-28(11-14-29,12-15-29)18-37-21-5-3-4-20(16-21)27(35)36/h1-2,6-7,19-21H,3-5,8-18H2,(H,35,36). The number of nitrogens with zero attached hydrogens (tertiary/aromatic N) is 1. The summed E-state index contributed by atoms with van der Waals surface area (Å²) in [6, 6.07) is 6.02. The molecule has 2 unspecified atom stereocenters. The van der Waals surface area contributed by atoms with Crippen molar-refractivity contribution in [3.8, 4) is 17.0 Å². The van der Waals surface area contributed by atoms with Crippen LogP contribution in [-0.4, -0.2) is 40.9 Å². The van der Waals surface area contributed by atoms with Crippen molar-refractivity contribution in [2.24, 2.45) is 11.3 Å². The van der Waals surface area contributed by atoms with E-state index in [-0.39, 0.29) is 46.9 Å². The molecule has 1 aromatic carbocycles. The summed E-state index contributed by atoms with van der Waals surface area (Å²) in [6.07, 6.45) is 5.91. The second-order valence-electron chi connectivity index (χ2n) is 12.3. The summed E-state index contributed by atoms with van der Waals surface area (Å²) < 4.78 is 62.2. The molecule has 5 saturated carbocycles. The molecule has 10 heteroatoms. The van der Waals surface area contributed by atoms with Crippen LogP contribution in [0.15, 0.2) is 28.8 Å². The summed E-state index contributed by atoms with van der Waals surface area (Å²) in [7, 11) is 0. The molecule has 0 radical (unpaired) electrons. The lowest BCUT2D eigenvalue weighted by molar-refractivity contribution is -0.274. The lowest BCUT2D eigenvalue weighted by Gasteiger charge is -2.53. The highest BCUT2D eigenvalue weighted by Gasteiger charge is 2.50. The van der Waals surface area contributed by atoms with Gasteiger partial charge in [0.05, 0.1) is 30.8 Å². The Bertz CT molecular complexity index is 1200. The van der Waals surface area contributed by atoms with Gasteiger partial charge in [-0.1, -0.05) is 23.7 Å². The summed E-state index contributed by atoms with van der Waals surface area (Å²) in [4.78, 5) is 11.4. The van der Waals surface area contributed by atoms with Crippen molar-refractivity contribution < 1.29 is 41.8 Å². The van der Waals surface area contributed by atoms with Crippen molar-refractivity contribution in [2.75, 3.05) is 6.61 Å². The average Bonchev–Trinajstić information content (AvgIpc) is 3.71. The molecule has 7 rings (SSSR count). The Morgan fingerprint density at radius 1 is 1.05 bits per heavy atom. The fourth-order valence-corrected chi connectivity index (χ4v) is 6.92. The number of alkyl halides is 3. The number of aliphatic carboxylic acids is 1. The maximum absolute atomic E-state index is 13.1. The first-order chi connectivity index (χ1) is 19.1. The van der Waals surface area contributed by atoms with Crippen molar-refractivity contribution >= 4 is 5.97 Å². The molecule has 5 aliphatic rings. The van der Waals surface area contributed by atoms with Gasteiger partial charge in [-0.25, -0.2) is 0 Å². The Hall–Kier alpha value is -2.59. The number of rotatable bonds is 10. The number of hydrogen-bond donors (Lipinski definition) is 1. The second kappa shape index (κ2) is 10.7. The Morgan fingerprint density at radius 3 is 2.45 bits per heavy atom. The zero-order valence-electron chi connectivity index (χ0n) is 22.5. The van der Waals surface area contributed by atoms with Gasteiger partial charge in [0.2, 0.25) is 0 Å². The van der Waals surface area contributed by atoms with E-state index in [2.05, 4.69) is 9.89 Å². The van der Waals surface area contributed by atoms with E-state index in [9.17, 15) is 23.1 Å². The molecule has 218 valence electrons. The van der Waals surface area contributed by atoms with Crippen LogP contribution < -0.4 is 4.74 Å². The maximum atomic E-state index is 13.1. The maximum Gasteiger partial charge on any atom is 0.573 e. The zero-order valence-corrected chi connectivity index (χ0v) is 22.5. The van der Waals surface area contributed by atoms with Crippen molar-refractivity contribution in [3.63, 3.8) is 0 Å². The highest BCUT2D eigenvalue weighted by Crippen LogP contribution is 2.55. The average molecular weight is 564 g/mol. The van der Waals surface area contributed by atoms with E-state index in [1.54, 1.807) is 12.1 Å². The highest BCUT2D eigenvalue weighted by molar-refractivity contribution is 5.71. The third-order valence-electron chi connectivity index (χ3n) is 9.59. The Morgan fingerprint density at radius 2 is 1.77 bits per heavy atom. The Balaban J connectivity index is 1.11. The number of halogens is 3. The summed E-state index contributed by atoms with van der Waals surface area (Å²) in [5, 5.41) is 13.6. The van der Waals surface area contributed by atoms with Crippen LogP contribution in [-0.2, 0) is 20.9 Å². The molecule has 1 aromatic heterocycles. The first-order valence-corrected chi connectivity index (χ1v) is 14.5. The van der Waals surface area contributed by atoms with Gasteiger partial charge in [-0.2, -0.15) is 0 Å². The molecule has 5 fully saturated rings.